The van der Waals surface area contributed by atoms with Crippen LogP contribution in [0.5, 0.6) is 0 Å². The van der Waals surface area contributed by atoms with E-state index in [0.29, 0.717) is 6.42 Å². The predicted octanol–water partition coefficient (Wildman–Crippen LogP) is 2.26. The Bertz CT molecular complexity index is 312. The van der Waals surface area contributed by atoms with Crippen molar-refractivity contribution >= 4 is 5.97 Å². The lowest BCUT2D eigenvalue weighted by atomic mass is 10.1. The lowest BCUT2D eigenvalue weighted by molar-refractivity contribution is -0.131. The zero-order valence-electron chi connectivity index (χ0n) is 7.53. The quantitative estimate of drug-likeness (QED) is 0.717. The highest BCUT2D eigenvalue weighted by atomic mass is 16.4. The summed E-state index contributed by atoms with van der Waals surface area (Å²) < 4.78 is 0. The summed E-state index contributed by atoms with van der Waals surface area (Å²) in [5, 5.41) is 8.49. The van der Waals surface area contributed by atoms with Crippen molar-refractivity contribution in [1.82, 2.24) is 0 Å². The van der Waals surface area contributed by atoms with Crippen LogP contribution < -0.4 is 0 Å². The Morgan fingerprint density at radius 2 is 2.00 bits per heavy atom. The topological polar surface area (TPSA) is 37.3 Å². The summed E-state index contributed by atoms with van der Waals surface area (Å²) in [7, 11) is 0. The molecule has 0 fully saturated rings. The molecule has 1 aromatic carbocycles. The van der Waals surface area contributed by atoms with E-state index in [9.17, 15) is 4.79 Å². The van der Waals surface area contributed by atoms with Crippen molar-refractivity contribution in [3.05, 3.63) is 47.5 Å². The van der Waals surface area contributed by atoms with Crippen molar-refractivity contribution in [2.24, 2.45) is 0 Å². The number of hydrogen-bond donors (Lipinski definition) is 1. The number of hydrogen-bond acceptors (Lipinski definition) is 1. The summed E-state index contributed by atoms with van der Waals surface area (Å²) in [4.78, 5) is 10.3. The summed E-state index contributed by atoms with van der Waals surface area (Å²) in [6.07, 6.45) is 1.94. The van der Waals surface area contributed by atoms with Gasteiger partial charge in [0.15, 0.2) is 0 Å². The Morgan fingerprint density at radius 1 is 1.38 bits per heavy atom. The summed E-state index contributed by atoms with van der Waals surface area (Å²) >= 11 is 0. The molecule has 0 saturated heterocycles. The Balaban J connectivity index is 2.65. The Morgan fingerprint density at radius 3 is 2.54 bits per heavy atom. The first-order chi connectivity index (χ1) is 6.18. The number of carboxylic acid groups (broad SMARTS) is 1. The maximum absolute atomic E-state index is 10.3. The van der Waals surface area contributed by atoms with E-state index >= 15 is 0 Å². The molecule has 0 aromatic heterocycles. The molecule has 0 saturated carbocycles. The highest BCUT2D eigenvalue weighted by Crippen LogP contribution is 2.06. The number of carboxylic acids is 1. The van der Waals surface area contributed by atoms with Gasteiger partial charge in [-0.3, -0.25) is 0 Å². The van der Waals surface area contributed by atoms with Gasteiger partial charge in [0.05, 0.1) is 0 Å². The Labute approximate surface area is 77.5 Å². The second kappa shape index (κ2) is 4.45. The molecule has 2 nitrogen and oxygen atoms in total. The third-order valence-corrected chi connectivity index (χ3v) is 1.70. The zero-order chi connectivity index (χ0) is 9.68. The number of benzene rings is 1. The lowest BCUT2D eigenvalue weighted by Crippen LogP contribution is -1.92. The molecule has 1 rings (SSSR count). The summed E-state index contributed by atoms with van der Waals surface area (Å²) in [5.41, 5.74) is 2.00. The Kier molecular flexibility index (Phi) is 3.26. The normalized spacial score (nSPS) is 11.3. The van der Waals surface area contributed by atoms with E-state index in [0.717, 1.165) is 11.1 Å². The summed E-state index contributed by atoms with van der Waals surface area (Å²) in [6.45, 7) is 1.82. The molecule has 68 valence electrons. The number of rotatable bonds is 3. The zero-order valence-corrected chi connectivity index (χ0v) is 7.53. The van der Waals surface area contributed by atoms with Crippen LogP contribution in [0.4, 0.5) is 0 Å². The van der Waals surface area contributed by atoms with Crippen molar-refractivity contribution in [2.75, 3.05) is 0 Å². The molecule has 0 spiro atoms. The third kappa shape index (κ3) is 3.56. The van der Waals surface area contributed by atoms with Gasteiger partial charge in [-0.2, -0.15) is 0 Å². The van der Waals surface area contributed by atoms with Crippen molar-refractivity contribution in [3.8, 4) is 0 Å². The predicted molar refractivity (Wildman–Crippen MR) is 51.5 cm³/mol. The summed E-state index contributed by atoms with van der Waals surface area (Å²) in [6, 6.07) is 9.81. The van der Waals surface area contributed by atoms with Crippen LogP contribution in [0.1, 0.15) is 12.5 Å². The van der Waals surface area contributed by atoms with Gasteiger partial charge in [-0.15, -0.1) is 0 Å². The third-order valence-electron chi connectivity index (χ3n) is 1.70. The van der Waals surface area contributed by atoms with Gasteiger partial charge in [0, 0.05) is 6.08 Å². The molecule has 0 aliphatic carbocycles. The number of aliphatic carboxylic acids is 1. The van der Waals surface area contributed by atoms with Gasteiger partial charge < -0.3 is 5.11 Å². The van der Waals surface area contributed by atoms with Gasteiger partial charge in [-0.25, -0.2) is 4.79 Å². The van der Waals surface area contributed by atoms with Crippen LogP contribution >= 0.6 is 0 Å². The van der Waals surface area contributed by atoms with Crippen molar-refractivity contribution in [3.63, 3.8) is 0 Å². The van der Waals surface area contributed by atoms with Gasteiger partial charge in [0.2, 0.25) is 0 Å². The molecule has 0 aliphatic rings. The van der Waals surface area contributed by atoms with E-state index < -0.39 is 5.97 Å². The fourth-order valence-electron chi connectivity index (χ4n) is 1.18. The molecule has 13 heavy (non-hydrogen) atoms. The van der Waals surface area contributed by atoms with Crippen molar-refractivity contribution in [2.45, 2.75) is 13.3 Å². The minimum atomic E-state index is -0.881. The van der Waals surface area contributed by atoms with E-state index in [1.807, 2.05) is 37.3 Å². The van der Waals surface area contributed by atoms with E-state index in [1.165, 1.54) is 6.08 Å². The summed E-state index contributed by atoms with van der Waals surface area (Å²) in [5.74, 6) is -0.881. The largest absolute Gasteiger partial charge is 0.478 e. The average Bonchev–Trinajstić information content (AvgIpc) is 2.04. The lowest BCUT2D eigenvalue weighted by Gasteiger charge is -1.99. The maximum Gasteiger partial charge on any atom is 0.328 e. The maximum atomic E-state index is 10.3. The fourth-order valence-corrected chi connectivity index (χ4v) is 1.18. The first kappa shape index (κ1) is 9.52. The van der Waals surface area contributed by atoms with E-state index in [4.69, 9.17) is 5.11 Å². The van der Waals surface area contributed by atoms with Crippen LogP contribution in [-0.2, 0) is 11.2 Å². The minimum absolute atomic E-state index is 0.702. The number of allylic oxidation sites excluding steroid dienone is 1. The van der Waals surface area contributed by atoms with Gasteiger partial charge in [-0.1, -0.05) is 35.9 Å². The molecule has 0 atom stereocenters. The first-order valence-electron chi connectivity index (χ1n) is 4.12. The molecule has 1 N–H and O–H groups in total. The molecule has 1 aromatic rings. The van der Waals surface area contributed by atoms with Gasteiger partial charge in [-0.05, 0) is 18.9 Å². The molecule has 0 unspecified atom stereocenters. The van der Waals surface area contributed by atoms with E-state index in [-0.39, 0.29) is 0 Å². The molecule has 0 radical (unpaired) electrons. The van der Waals surface area contributed by atoms with E-state index in [1.54, 1.807) is 0 Å². The molecule has 0 aliphatic heterocycles. The van der Waals surface area contributed by atoms with Gasteiger partial charge >= 0.3 is 5.97 Å². The highest BCUT2D eigenvalue weighted by molar-refractivity contribution is 5.80. The smallest absolute Gasteiger partial charge is 0.328 e. The fraction of sp³-hybridized carbons (Fsp3) is 0.182. The van der Waals surface area contributed by atoms with Crippen molar-refractivity contribution < 1.29 is 9.90 Å². The van der Waals surface area contributed by atoms with Crippen LogP contribution in [0.2, 0.25) is 0 Å². The van der Waals surface area contributed by atoms with Crippen LogP contribution in [0, 0.1) is 0 Å². The molecule has 0 bridgehead atoms. The SMILES string of the molecule is C/C(=C\C(=O)O)Cc1ccccc1. The molecular formula is C11H12O2. The standard InChI is InChI=1S/C11H12O2/c1-9(8-11(12)13)7-10-5-3-2-4-6-10/h2-6,8H,7H2,1H3,(H,12,13)/b9-8+. The molecule has 2 heteroatoms. The van der Waals surface area contributed by atoms with Crippen LogP contribution in [0.3, 0.4) is 0 Å². The average molecular weight is 176 g/mol. The van der Waals surface area contributed by atoms with Crippen molar-refractivity contribution in [1.29, 1.82) is 0 Å². The monoisotopic (exact) mass is 176 g/mol. The number of carbonyl (C=O) groups is 1. The second-order valence-electron chi connectivity index (χ2n) is 2.99. The van der Waals surface area contributed by atoms with Crippen LogP contribution in [0.15, 0.2) is 42.0 Å². The Hall–Kier alpha value is -1.57. The molecular weight excluding hydrogens is 164 g/mol. The van der Waals surface area contributed by atoms with Crippen LogP contribution in [0.25, 0.3) is 0 Å². The first-order valence-corrected chi connectivity index (χ1v) is 4.12. The van der Waals surface area contributed by atoms with Gasteiger partial charge in [0.1, 0.15) is 0 Å². The van der Waals surface area contributed by atoms with Crippen LogP contribution in [-0.4, -0.2) is 11.1 Å². The molecule has 0 amide bonds. The highest BCUT2D eigenvalue weighted by Gasteiger charge is 1.95. The minimum Gasteiger partial charge on any atom is -0.478 e. The second-order valence-corrected chi connectivity index (χ2v) is 2.99. The van der Waals surface area contributed by atoms with E-state index in [2.05, 4.69) is 0 Å². The molecule has 0 heterocycles. The van der Waals surface area contributed by atoms with Gasteiger partial charge in [0.25, 0.3) is 0 Å².